The van der Waals surface area contributed by atoms with Crippen LogP contribution in [-0.2, 0) is 4.79 Å². The summed E-state index contributed by atoms with van der Waals surface area (Å²) in [5.74, 6) is -0.641. The molecule has 2 atom stereocenters. The predicted octanol–water partition coefficient (Wildman–Crippen LogP) is 1.29. The molecule has 94 valence electrons. The van der Waals surface area contributed by atoms with Crippen LogP contribution in [0, 0.1) is 0 Å². The van der Waals surface area contributed by atoms with Crippen molar-refractivity contribution < 1.29 is 14.7 Å². The summed E-state index contributed by atoms with van der Waals surface area (Å²) >= 11 is 1.39. The van der Waals surface area contributed by atoms with Gasteiger partial charge in [-0.2, -0.15) is 11.8 Å². The lowest BCUT2D eigenvalue weighted by Crippen LogP contribution is -2.49. The van der Waals surface area contributed by atoms with Crippen molar-refractivity contribution in [2.24, 2.45) is 0 Å². The van der Waals surface area contributed by atoms with Crippen LogP contribution < -0.4 is 10.6 Å². The van der Waals surface area contributed by atoms with Crippen LogP contribution >= 0.6 is 11.8 Å². The second kappa shape index (κ2) is 8.27. The number of urea groups is 1. The summed E-state index contributed by atoms with van der Waals surface area (Å²) in [5, 5.41) is 14.0. The van der Waals surface area contributed by atoms with Gasteiger partial charge in [-0.05, 0) is 19.6 Å². The van der Waals surface area contributed by atoms with E-state index in [4.69, 9.17) is 5.11 Å². The number of amides is 2. The van der Waals surface area contributed by atoms with Gasteiger partial charge < -0.3 is 15.7 Å². The van der Waals surface area contributed by atoms with Crippen molar-refractivity contribution in [2.45, 2.75) is 38.8 Å². The maximum absolute atomic E-state index is 11.4. The Morgan fingerprint density at radius 3 is 2.44 bits per heavy atom. The molecule has 0 unspecified atom stereocenters. The van der Waals surface area contributed by atoms with E-state index >= 15 is 0 Å². The molecule has 0 aliphatic carbocycles. The summed E-state index contributed by atoms with van der Waals surface area (Å²) in [5.41, 5.74) is 0. The summed E-state index contributed by atoms with van der Waals surface area (Å²) < 4.78 is 0. The second-order valence-corrected chi connectivity index (χ2v) is 4.56. The number of carboxylic acid groups (broad SMARTS) is 1. The number of hydrogen-bond acceptors (Lipinski definition) is 3. The molecular weight excluding hydrogens is 228 g/mol. The summed E-state index contributed by atoms with van der Waals surface area (Å²) in [6.45, 7) is 3.93. The van der Waals surface area contributed by atoms with Gasteiger partial charge in [-0.3, -0.25) is 0 Å². The van der Waals surface area contributed by atoms with Crippen LogP contribution in [0.15, 0.2) is 0 Å². The van der Waals surface area contributed by atoms with Gasteiger partial charge in [0.25, 0.3) is 0 Å². The maximum Gasteiger partial charge on any atom is 0.327 e. The zero-order valence-corrected chi connectivity index (χ0v) is 10.8. The lowest BCUT2D eigenvalue weighted by Gasteiger charge is -2.17. The Kier molecular flexibility index (Phi) is 7.80. The van der Waals surface area contributed by atoms with Crippen molar-refractivity contribution in [3.8, 4) is 0 Å². The minimum absolute atomic E-state index is 0.0636. The number of nitrogens with one attached hydrogen (secondary N) is 2. The van der Waals surface area contributed by atoms with Gasteiger partial charge in [-0.15, -0.1) is 0 Å². The number of carbonyl (C=O) groups excluding carboxylic acids is 1. The van der Waals surface area contributed by atoms with Crippen molar-refractivity contribution in [1.29, 1.82) is 0 Å². The van der Waals surface area contributed by atoms with Gasteiger partial charge in [-0.1, -0.05) is 13.3 Å². The van der Waals surface area contributed by atoms with Crippen molar-refractivity contribution in [3.05, 3.63) is 0 Å². The van der Waals surface area contributed by atoms with Crippen LogP contribution in [0.2, 0.25) is 0 Å². The first-order valence-corrected chi connectivity index (χ1v) is 6.69. The zero-order valence-electron chi connectivity index (χ0n) is 9.95. The Labute approximate surface area is 100 Å². The van der Waals surface area contributed by atoms with E-state index in [-0.39, 0.29) is 6.04 Å². The van der Waals surface area contributed by atoms with E-state index in [1.165, 1.54) is 11.8 Å². The Morgan fingerprint density at radius 2 is 2.00 bits per heavy atom. The van der Waals surface area contributed by atoms with E-state index in [2.05, 4.69) is 10.6 Å². The Balaban J connectivity index is 4.04. The summed E-state index contributed by atoms with van der Waals surface area (Å²) in [4.78, 5) is 22.2. The van der Waals surface area contributed by atoms with Gasteiger partial charge in [-0.25, -0.2) is 9.59 Å². The van der Waals surface area contributed by atoms with Crippen LogP contribution in [0.5, 0.6) is 0 Å². The first-order chi connectivity index (χ1) is 7.51. The first kappa shape index (κ1) is 15.1. The molecule has 0 aliphatic heterocycles. The van der Waals surface area contributed by atoms with Gasteiger partial charge in [0.15, 0.2) is 0 Å². The Morgan fingerprint density at radius 1 is 1.38 bits per heavy atom. The number of carbonyl (C=O) groups is 2. The highest BCUT2D eigenvalue weighted by atomic mass is 32.2. The smallest absolute Gasteiger partial charge is 0.327 e. The molecule has 16 heavy (non-hydrogen) atoms. The lowest BCUT2D eigenvalue weighted by molar-refractivity contribution is -0.138. The SMILES string of the molecule is CCC[C@H](C)NC(=O)N[C@@H](CSC)C(=O)O. The highest BCUT2D eigenvalue weighted by molar-refractivity contribution is 7.98. The summed E-state index contributed by atoms with van der Waals surface area (Å²) in [6, 6.07) is -1.18. The minimum atomic E-state index is -1.01. The predicted molar refractivity (Wildman–Crippen MR) is 65.8 cm³/mol. The highest BCUT2D eigenvalue weighted by Crippen LogP contribution is 1.98. The third-order valence-corrected chi connectivity index (χ3v) is 2.70. The highest BCUT2D eigenvalue weighted by Gasteiger charge is 2.19. The van der Waals surface area contributed by atoms with Crippen LogP contribution in [0.4, 0.5) is 4.79 Å². The average molecular weight is 248 g/mol. The number of aliphatic carboxylic acids is 1. The molecule has 0 rings (SSSR count). The standard InChI is InChI=1S/C10H20N2O3S/c1-4-5-7(2)11-10(15)12-8(6-16-3)9(13)14/h7-8H,4-6H2,1-3H3,(H,13,14)(H2,11,12,15)/t7-,8-/m0/s1. The fraction of sp³-hybridized carbons (Fsp3) is 0.800. The molecule has 0 fully saturated rings. The molecule has 0 saturated heterocycles. The van der Waals surface area contributed by atoms with E-state index in [1.807, 2.05) is 13.8 Å². The van der Waals surface area contributed by atoms with Gasteiger partial charge >= 0.3 is 12.0 Å². The van der Waals surface area contributed by atoms with E-state index < -0.39 is 18.0 Å². The second-order valence-electron chi connectivity index (χ2n) is 3.65. The third kappa shape index (κ3) is 6.55. The molecule has 3 N–H and O–H groups in total. The molecule has 0 bridgehead atoms. The Bertz CT molecular complexity index is 236. The molecule has 6 heteroatoms. The summed E-state index contributed by atoms with van der Waals surface area (Å²) in [6.07, 6.45) is 3.66. The molecule has 0 aromatic carbocycles. The molecular formula is C10H20N2O3S. The lowest BCUT2D eigenvalue weighted by atomic mass is 10.2. The molecule has 0 saturated carbocycles. The number of rotatable bonds is 7. The summed E-state index contributed by atoms with van der Waals surface area (Å²) in [7, 11) is 0. The molecule has 5 nitrogen and oxygen atoms in total. The average Bonchev–Trinajstić information content (AvgIpc) is 2.16. The molecule has 0 aliphatic rings. The van der Waals surface area contributed by atoms with Crippen LogP contribution in [-0.4, -0.2) is 41.2 Å². The van der Waals surface area contributed by atoms with Crippen molar-refractivity contribution in [1.82, 2.24) is 10.6 Å². The number of thioether (sulfide) groups is 1. The molecule has 0 radical (unpaired) electrons. The quantitative estimate of drug-likeness (QED) is 0.634. The topological polar surface area (TPSA) is 78.4 Å². The third-order valence-electron chi connectivity index (χ3n) is 2.04. The number of carboxylic acids is 1. The fourth-order valence-corrected chi connectivity index (χ4v) is 1.83. The van der Waals surface area contributed by atoms with Crippen LogP contribution in [0.1, 0.15) is 26.7 Å². The van der Waals surface area contributed by atoms with Crippen LogP contribution in [0.25, 0.3) is 0 Å². The molecule has 0 spiro atoms. The van der Waals surface area contributed by atoms with Gasteiger partial charge in [0.1, 0.15) is 6.04 Å². The van der Waals surface area contributed by atoms with Gasteiger partial charge in [0, 0.05) is 11.8 Å². The largest absolute Gasteiger partial charge is 0.480 e. The zero-order chi connectivity index (χ0) is 12.6. The normalized spacial score (nSPS) is 13.9. The fourth-order valence-electron chi connectivity index (χ4n) is 1.27. The van der Waals surface area contributed by atoms with Gasteiger partial charge in [0.2, 0.25) is 0 Å². The minimum Gasteiger partial charge on any atom is -0.480 e. The van der Waals surface area contributed by atoms with E-state index in [0.717, 1.165) is 12.8 Å². The van der Waals surface area contributed by atoms with E-state index in [9.17, 15) is 9.59 Å². The molecule has 0 aromatic rings. The van der Waals surface area contributed by atoms with E-state index in [0.29, 0.717) is 5.75 Å². The van der Waals surface area contributed by atoms with Crippen molar-refractivity contribution in [3.63, 3.8) is 0 Å². The van der Waals surface area contributed by atoms with Crippen molar-refractivity contribution in [2.75, 3.05) is 12.0 Å². The maximum atomic E-state index is 11.4. The molecule has 0 heterocycles. The first-order valence-electron chi connectivity index (χ1n) is 5.30. The number of hydrogen-bond donors (Lipinski definition) is 3. The van der Waals surface area contributed by atoms with Crippen LogP contribution in [0.3, 0.4) is 0 Å². The van der Waals surface area contributed by atoms with Gasteiger partial charge in [0.05, 0.1) is 0 Å². The molecule has 2 amide bonds. The van der Waals surface area contributed by atoms with Crippen molar-refractivity contribution >= 4 is 23.8 Å². The van der Waals surface area contributed by atoms with E-state index in [1.54, 1.807) is 6.26 Å². The molecule has 0 aromatic heterocycles. The monoisotopic (exact) mass is 248 g/mol. The Hall–Kier alpha value is -0.910.